The lowest BCUT2D eigenvalue weighted by Crippen LogP contribution is -2.34. The van der Waals surface area contributed by atoms with Crippen LogP contribution < -0.4 is 5.32 Å². The summed E-state index contributed by atoms with van der Waals surface area (Å²) >= 11 is 6.25. The van der Waals surface area contributed by atoms with E-state index in [2.05, 4.69) is 26.6 Å². The topological polar surface area (TPSA) is 63.1 Å². The van der Waals surface area contributed by atoms with Gasteiger partial charge in [-0.2, -0.15) is 0 Å². The van der Waals surface area contributed by atoms with Crippen LogP contribution in [0.5, 0.6) is 0 Å². The Morgan fingerprint density at radius 3 is 2.68 bits per heavy atom. The van der Waals surface area contributed by atoms with Crippen LogP contribution in [0.3, 0.4) is 0 Å². The Hall–Kier alpha value is -1.92. The molecule has 0 radical (unpaired) electrons. The minimum atomic E-state index is -0.107. The number of amides is 1. The molecule has 1 N–H and O–H groups in total. The summed E-state index contributed by atoms with van der Waals surface area (Å²) in [5.41, 5.74) is 1.59. The molecule has 2 heterocycles. The molecule has 0 unspecified atom stereocenters. The lowest BCUT2D eigenvalue weighted by molar-refractivity contribution is 0.0946. The van der Waals surface area contributed by atoms with Gasteiger partial charge < -0.3 is 5.32 Å². The Kier molecular flexibility index (Phi) is 4.72. The maximum atomic E-state index is 12.0. The van der Waals surface area contributed by atoms with Gasteiger partial charge in [0.1, 0.15) is 0 Å². The van der Waals surface area contributed by atoms with E-state index in [0.717, 1.165) is 50.3 Å². The highest BCUT2D eigenvalue weighted by Crippen LogP contribution is 2.25. The van der Waals surface area contributed by atoms with Crippen molar-refractivity contribution in [3.63, 3.8) is 0 Å². The van der Waals surface area contributed by atoms with E-state index < -0.39 is 0 Å². The number of likely N-dealkylation sites (tertiary alicyclic amines) is 1. The minimum Gasteiger partial charge on any atom is -0.348 e. The molecule has 7 heteroatoms. The van der Waals surface area contributed by atoms with Gasteiger partial charge in [-0.25, -0.2) is 4.68 Å². The second kappa shape index (κ2) is 7.14. The number of rotatable bonds is 5. The Balaban J connectivity index is 1.32. The fourth-order valence-corrected chi connectivity index (χ4v) is 3.45. The first-order chi connectivity index (χ1) is 12.2. The van der Waals surface area contributed by atoms with Crippen LogP contribution >= 0.6 is 11.6 Å². The van der Waals surface area contributed by atoms with E-state index in [1.807, 2.05) is 22.9 Å². The van der Waals surface area contributed by atoms with Crippen molar-refractivity contribution in [1.29, 1.82) is 0 Å². The summed E-state index contributed by atoms with van der Waals surface area (Å²) in [4.78, 5) is 14.4. The van der Waals surface area contributed by atoms with Crippen molar-refractivity contribution in [3.8, 4) is 0 Å². The first-order valence-corrected chi connectivity index (χ1v) is 9.25. The summed E-state index contributed by atoms with van der Waals surface area (Å²) in [6, 6.07) is 8.64. The number of carbonyl (C=O) groups is 1. The maximum absolute atomic E-state index is 12.0. The maximum Gasteiger partial charge on any atom is 0.273 e. The first-order valence-electron chi connectivity index (χ1n) is 8.87. The largest absolute Gasteiger partial charge is 0.348 e. The molecule has 1 aliphatic heterocycles. The van der Waals surface area contributed by atoms with Crippen molar-refractivity contribution in [2.75, 3.05) is 13.1 Å². The molecule has 1 amide bonds. The number of nitrogens with zero attached hydrogens (tertiary/aromatic N) is 4. The summed E-state index contributed by atoms with van der Waals surface area (Å²) in [5.74, 6) is -0.107. The second-order valence-electron chi connectivity index (χ2n) is 6.93. The van der Waals surface area contributed by atoms with E-state index >= 15 is 0 Å². The first kappa shape index (κ1) is 16.5. The summed E-state index contributed by atoms with van der Waals surface area (Å²) in [6.07, 6.45) is 5.93. The quantitative estimate of drug-likeness (QED) is 0.891. The van der Waals surface area contributed by atoms with Gasteiger partial charge in [0.05, 0.1) is 12.2 Å². The van der Waals surface area contributed by atoms with Crippen LogP contribution in [0.25, 0.3) is 0 Å². The van der Waals surface area contributed by atoms with Crippen LogP contribution in [0.1, 0.15) is 47.8 Å². The van der Waals surface area contributed by atoms with Gasteiger partial charge in [-0.05, 0) is 37.3 Å². The molecule has 2 aromatic rings. The molecule has 0 bridgehead atoms. The van der Waals surface area contributed by atoms with Crippen molar-refractivity contribution in [3.05, 3.63) is 46.7 Å². The van der Waals surface area contributed by atoms with Gasteiger partial charge in [-0.15, -0.1) is 5.10 Å². The molecule has 4 rings (SSSR count). The van der Waals surface area contributed by atoms with Crippen LogP contribution in [0, 0.1) is 0 Å². The van der Waals surface area contributed by atoms with Gasteiger partial charge in [-0.3, -0.25) is 9.69 Å². The summed E-state index contributed by atoms with van der Waals surface area (Å²) in [6.45, 7) is 2.84. The molecule has 0 spiro atoms. The van der Waals surface area contributed by atoms with Crippen molar-refractivity contribution >= 4 is 17.5 Å². The predicted octanol–water partition coefficient (Wildman–Crippen LogP) is 2.66. The molecule has 6 nitrogen and oxygen atoms in total. The van der Waals surface area contributed by atoms with Crippen LogP contribution in [0.2, 0.25) is 5.02 Å². The van der Waals surface area contributed by atoms with Crippen LogP contribution in [0.4, 0.5) is 0 Å². The zero-order chi connectivity index (χ0) is 17.2. The van der Waals surface area contributed by atoms with Crippen molar-refractivity contribution in [2.24, 2.45) is 0 Å². The third kappa shape index (κ3) is 4.02. The molecular weight excluding hydrogens is 338 g/mol. The molecule has 2 fully saturated rings. The van der Waals surface area contributed by atoms with Gasteiger partial charge in [-0.1, -0.05) is 35.0 Å². The standard InChI is InChI=1S/C18H22ClN5O/c19-16-4-2-1-3-13(16)11-23-9-7-15(8-10-23)24-12-17(21-22-24)18(25)20-14-5-6-14/h1-4,12,14-15H,5-11H2,(H,20,25). The Morgan fingerprint density at radius 1 is 1.20 bits per heavy atom. The number of nitrogens with one attached hydrogen (secondary N) is 1. The van der Waals surface area contributed by atoms with E-state index in [4.69, 9.17) is 11.6 Å². The lowest BCUT2D eigenvalue weighted by Gasteiger charge is -2.31. The number of aromatic nitrogens is 3. The molecule has 132 valence electrons. The summed E-state index contributed by atoms with van der Waals surface area (Å²) in [7, 11) is 0. The number of piperidine rings is 1. The summed E-state index contributed by atoms with van der Waals surface area (Å²) < 4.78 is 1.86. The smallest absolute Gasteiger partial charge is 0.273 e. The van der Waals surface area contributed by atoms with Crippen molar-refractivity contribution < 1.29 is 4.79 Å². The van der Waals surface area contributed by atoms with Crippen LogP contribution in [-0.2, 0) is 6.54 Å². The molecular formula is C18H22ClN5O. The monoisotopic (exact) mass is 359 g/mol. The Bertz CT molecular complexity index is 749. The van der Waals surface area contributed by atoms with Gasteiger partial charge in [0.15, 0.2) is 5.69 Å². The normalized spacial score (nSPS) is 19.1. The second-order valence-corrected chi connectivity index (χ2v) is 7.34. The lowest BCUT2D eigenvalue weighted by atomic mass is 10.0. The molecule has 1 aromatic carbocycles. The fourth-order valence-electron chi connectivity index (χ4n) is 3.26. The molecule has 1 aliphatic carbocycles. The number of halogens is 1. The zero-order valence-electron chi connectivity index (χ0n) is 14.1. The number of hydrogen-bond acceptors (Lipinski definition) is 4. The SMILES string of the molecule is O=C(NC1CC1)c1cn(C2CCN(Cc3ccccc3Cl)CC2)nn1. The highest BCUT2D eigenvalue weighted by atomic mass is 35.5. The van der Waals surface area contributed by atoms with Gasteiger partial charge in [0.2, 0.25) is 0 Å². The van der Waals surface area contributed by atoms with Crippen LogP contribution in [-0.4, -0.2) is 44.9 Å². The molecule has 25 heavy (non-hydrogen) atoms. The Morgan fingerprint density at radius 2 is 1.96 bits per heavy atom. The van der Waals surface area contributed by atoms with Crippen LogP contribution in [0.15, 0.2) is 30.5 Å². The molecule has 1 saturated carbocycles. The molecule has 1 aromatic heterocycles. The third-order valence-electron chi connectivity index (χ3n) is 4.94. The van der Waals surface area contributed by atoms with E-state index in [1.165, 1.54) is 5.56 Å². The fraction of sp³-hybridized carbons (Fsp3) is 0.500. The molecule has 0 atom stereocenters. The minimum absolute atomic E-state index is 0.107. The predicted molar refractivity (Wildman–Crippen MR) is 95.5 cm³/mol. The van der Waals surface area contributed by atoms with E-state index in [1.54, 1.807) is 6.20 Å². The van der Waals surface area contributed by atoms with E-state index in [0.29, 0.717) is 17.8 Å². The zero-order valence-corrected chi connectivity index (χ0v) is 14.8. The van der Waals surface area contributed by atoms with Gasteiger partial charge in [0, 0.05) is 30.7 Å². The highest BCUT2D eigenvalue weighted by molar-refractivity contribution is 6.31. The summed E-state index contributed by atoms with van der Waals surface area (Å²) in [5, 5.41) is 12.0. The number of carbonyl (C=O) groups excluding carboxylic acids is 1. The highest BCUT2D eigenvalue weighted by Gasteiger charge is 2.26. The molecule has 1 saturated heterocycles. The van der Waals surface area contributed by atoms with Crippen molar-refractivity contribution in [1.82, 2.24) is 25.2 Å². The Labute approximate surface area is 152 Å². The van der Waals surface area contributed by atoms with Gasteiger partial charge >= 0.3 is 0 Å². The average Bonchev–Trinajstić information content (AvgIpc) is 3.29. The third-order valence-corrected chi connectivity index (χ3v) is 5.31. The molecule has 2 aliphatic rings. The van der Waals surface area contributed by atoms with E-state index in [9.17, 15) is 4.79 Å². The van der Waals surface area contributed by atoms with E-state index in [-0.39, 0.29) is 5.91 Å². The number of benzene rings is 1. The van der Waals surface area contributed by atoms with Crippen molar-refractivity contribution in [2.45, 2.75) is 44.3 Å². The number of hydrogen-bond donors (Lipinski definition) is 1. The van der Waals surface area contributed by atoms with Gasteiger partial charge in [0.25, 0.3) is 5.91 Å². The average molecular weight is 360 g/mol.